The number of nitrogens with zero attached hydrogens (tertiary/aromatic N) is 4. The number of aryl methyl sites for hydroxylation is 2. The first-order valence-electron chi connectivity index (χ1n) is 20.1. The van der Waals surface area contributed by atoms with Crippen LogP contribution in [-0.4, -0.2) is 77.0 Å². The van der Waals surface area contributed by atoms with Crippen LogP contribution >= 0.6 is 0 Å². The van der Waals surface area contributed by atoms with Crippen molar-refractivity contribution in [1.29, 1.82) is 0 Å². The van der Waals surface area contributed by atoms with E-state index in [-0.39, 0.29) is 23.9 Å². The predicted octanol–water partition coefficient (Wildman–Crippen LogP) is 8.10. The molecule has 0 radical (unpaired) electrons. The molecule has 2 unspecified atom stereocenters. The van der Waals surface area contributed by atoms with E-state index >= 15 is 0 Å². The molecule has 0 spiro atoms. The zero-order valence-electron chi connectivity index (χ0n) is 33.3. The van der Waals surface area contributed by atoms with Crippen molar-refractivity contribution in [3.63, 3.8) is 0 Å². The SMILES string of the molecule is Cc1[nH]c(C2CCCN2C(=O)C(NC(=O)O)c2ccccc2)nc1-c1ccc(-c2ccc(-c3nc([C@@H]4CCCN4C(=O)[C@H](NC(=O)O)c4ccccc4)[nH]c3C)cc2)cc1. The summed E-state index contributed by atoms with van der Waals surface area (Å²) in [7, 11) is 0. The van der Waals surface area contributed by atoms with Crippen molar-refractivity contribution < 1.29 is 29.4 Å². The van der Waals surface area contributed by atoms with Gasteiger partial charge < -0.3 is 40.6 Å². The van der Waals surface area contributed by atoms with E-state index in [4.69, 9.17) is 9.97 Å². The molecule has 2 fully saturated rings. The summed E-state index contributed by atoms with van der Waals surface area (Å²) in [5, 5.41) is 23.9. The van der Waals surface area contributed by atoms with Gasteiger partial charge in [0, 0.05) is 35.6 Å². The topological polar surface area (TPSA) is 197 Å². The van der Waals surface area contributed by atoms with E-state index in [1.165, 1.54) is 0 Å². The van der Waals surface area contributed by atoms with Gasteiger partial charge in [-0.1, -0.05) is 109 Å². The number of imidazole rings is 2. The standard InChI is InChI=1S/C46H46N8O6/c1-27-37(49-41(47-27)35-15-9-25-53(35)43(55)39(51-45(57)58)31-11-5-3-6-12-31)33-21-17-29(18-22-33)30-19-23-34(24-20-30)38-28(2)48-42(50-38)36-16-10-26-54(36)44(56)40(52-46(59)60)32-13-7-4-8-14-32/h3-8,11-14,17-24,35-36,39-40,51-52H,9-10,15-16,25-26H2,1-2H3,(H,47,49)(H,48,50)(H,57,58)(H,59,60)/t35-,36?,39+,40?/m0/s1. The molecule has 0 aliphatic carbocycles. The van der Waals surface area contributed by atoms with E-state index in [0.717, 1.165) is 57.9 Å². The summed E-state index contributed by atoms with van der Waals surface area (Å²) in [5.41, 5.74) is 8.38. The van der Waals surface area contributed by atoms with Crippen molar-refractivity contribution in [1.82, 2.24) is 40.4 Å². The third kappa shape index (κ3) is 8.08. The second-order valence-electron chi connectivity index (χ2n) is 15.3. The highest BCUT2D eigenvalue weighted by Gasteiger charge is 2.39. The first-order chi connectivity index (χ1) is 29.0. The Balaban J connectivity index is 0.960. The lowest BCUT2D eigenvalue weighted by Crippen LogP contribution is -2.42. The molecule has 4 atom stereocenters. The van der Waals surface area contributed by atoms with E-state index in [1.54, 1.807) is 58.3 Å². The molecule has 4 heterocycles. The van der Waals surface area contributed by atoms with Gasteiger partial charge in [-0.3, -0.25) is 9.59 Å². The highest BCUT2D eigenvalue weighted by atomic mass is 16.4. The van der Waals surface area contributed by atoms with Crippen LogP contribution in [0.3, 0.4) is 0 Å². The van der Waals surface area contributed by atoms with Gasteiger partial charge in [0.15, 0.2) is 0 Å². The van der Waals surface area contributed by atoms with E-state index < -0.39 is 24.3 Å². The number of aromatic nitrogens is 4. The Morgan fingerprint density at radius 1 is 0.567 bits per heavy atom. The molecule has 2 aliphatic rings. The van der Waals surface area contributed by atoms with Gasteiger partial charge in [0.1, 0.15) is 23.7 Å². The number of hydrogen-bond donors (Lipinski definition) is 6. The second kappa shape index (κ2) is 16.9. The number of rotatable bonds is 11. The average molecular weight is 807 g/mol. The molecule has 0 bridgehead atoms. The zero-order valence-corrected chi connectivity index (χ0v) is 33.3. The van der Waals surface area contributed by atoms with Crippen molar-refractivity contribution in [3.8, 4) is 33.6 Å². The quantitative estimate of drug-likeness (QED) is 0.0755. The van der Waals surface area contributed by atoms with Crippen molar-refractivity contribution in [3.05, 3.63) is 143 Å². The van der Waals surface area contributed by atoms with Crippen LogP contribution in [-0.2, 0) is 9.59 Å². The molecule has 2 saturated heterocycles. The van der Waals surface area contributed by atoms with Gasteiger partial charge in [0.25, 0.3) is 11.8 Å². The molecule has 6 aromatic rings. The number of benzene rings is 4. The molecule has 8 rings (SSSR count). The van der Waals surface area contributed by atoms with Crippen molar-refractivity contribution in [2.45, 2.75) is 63.7 Å². The number of aromatic amines is 2. The minimum absolute atomic E-state index is 0.308. The first kappa shape index (κ1) is 39.6. The lowest BCUT2D eigenvalue weighted by molar-refractivity contribution is -0.135. The molecular formula is C46H46N8O6. The van der Waals surface area contributed by atoms with E-state index in [1.807, 2.05) is 50.2 Å². The number of carbonyl (C=O) groups is 4. The van der Waals surface area contributed by atoms with Crippen LogP contribution in [0.15, 0.2) is 109 Å². The molecule has 6 N–H and O–H groups in total. The predicted molar refractivity (Wildman–Crippen MR) is 225 cm³/mol. The van der Waals surface area contributed by atoms with Gasteiger partial charge in [0.05, 0.1) is 23.5 Å². The van der Waals surface area contributed by atoms with E-state index in [9.17, 15) is 29.4 Å². The Bertz CT molecular complexity index is 2330. The summed E-state index contributed by atoms with van der Waals surface area (Å²) < 4.78 is 0. The fourth-order valence-electron chi connectivity index (χ4n) is 8.56. The van der Waals surface area contributed by atoms with Crippen molar-refractivity contribution >= 4 is 24.0 Å². The number of H-pyrrole nitrogens is 2. The van der Waals surface area contributed by atoms with Crippen LogP contribution in [0.25, 0.3) is 33.6 Å². The van der Waals surface area contributed by atoms with Gasteiger partial charge in [-0.25, -0.2) is 19.6 Å². The van der Waals surface area contributed by atoms with Gasteiger partial charge in [0.2, 0.25) is 0 Å². The highest BCUT2D eigenvalue weighted by molar-refractivity contribution is 5.88. The zero-order chi connectivity index (χ0) is 41.9. The highest BCUT2D eigenvalue weighted by Crippen LogP contribution is 2.37. The third-order valence-corrected chi connectivity index (χ3v) is 11.5. The van der Waals surface area contributed by atoms with E-state index in [0.29, 0.717) is 48.7 Å². The van der Waals surface area contributed by atoms with Crippen LogP contribution in [0.4, 0.5) is 9.59 Å². The van der Waals surface area contributed by atoms with Gasteiger partial charge in [-0.05, 0) is 61.8 Å². The summed E-state index contributed by atoms with van der Waals surface area (Å²) in [6, 6.07) is 31.4. The number of amides is 4. The van der Waals surface area contributed by atoms with Gasteiger partial charge in [-0.15, -0.1) is 0 Å². The number of carbonyl (C=O) groups excluding carboxylic acids is 2. The van der Waals surface area contributed by atoms with E-state index in [2.05, 4.69) is 44.9 Å². The molecular weight excluding hydrogens is 761 g/mol. The normalized spacial score (nSPS) is 17.3. The maximum Gasteiger partial charge on any atom is 0.405 e. The maximum atomic E-state index is 13.8. The third-order valence-electron chi connectivity index (χ3n) is 11.5. The van der Waals surface area contributed by atoms with Crippen LogP contribution in [0, 0.1) is 13.8 Å². The molecule has 14 nitrogen and oxygen atoms in total. The Hall–Kier alpha value is -7.22. The molecule has 306 valence electrons. The number of nitrogens with one attached hydrogen (secondary N) is 4. The average Bonchev–Trinajstić information content (AvgIpc) is 4.09. The molecule has 14 heteroatoms. The number of hydrogen-bond acceptors (Lipinski definition) is 6. The molecule has 2 aliphatic heterocycles. The smallest absolute Gasteiger partial charge is 0.405 e. The summed E-state index contributed by atoms with van der Waals surface area (Å²) in [4.78, 5) is 71.2. The van der Waals surface area contributed by atoms with Crippen LogP contribution < -0.4 is 10.6 Å². The minimum Gasteiger partial charge on any atom is -0.465 e. The molecule has 4 amide bonds. The Morgan fingerprint density at radius 2 is 0.917 bits per heavy atom. The van der Waals surface area contributed by atoms with Crippen molar-refractivity contribution in [2.75, 3.05) is 13.1 Å². The van der Waals surface area contributed by atoms with Crippen LogP contribution in [0.2, 0.25) is 0 Å². The summed E-state index contributed by atoms with van der Waals surface area (Å²) >= 11 is 0. The second-order valence-corrected chi connectivity index (χ2v) is 15.3. The summed E-state index contributed by atoms with van der Waals surface area (Å²) in [5.74, 6) is 0.727. The molecule has 0 saturated carbocycles. The fourth-order valence-corrected chi connectivity index (χ4v) is 8.56. The largest absolute Gasteiger partial charge is 0.465 e. The fraction of sp³-hybridized carbons (Fsp3) is 0.261. The maximum absolute atomic E-state index is 13.8. The Morgan fingerprint density at radius 3 is 1.27 bits per heavy atom. The van der Waals surface area contributed by atoms with Gasteiger partial charge >= 0.3 is 12.2 Å². The minimum atomic E-state index is -1.26. The number of likely N-dealkylation sites (tertiary alicyclic amines) is 2. The van der Waals surface area contributed by atoms with Crippen molar-refractivity contribution in [2.24, 2.45) is 0 Å². The summed E-state index contributed by atoms with van der Waals surface area (Å²) in [6.45, 7) is 4.92. The molecule has 2 aromatic heterocycles. The number of carboxylic acid groups (broad SMARTS) is 2. The van der Waals surface area contributed by atoms with Crippen LogP contribution in [0.5, 0.6) is 0 Å². The molecule has 4 aromatic carbocycles. The monoisotopic (exact) mass is 806 g/mol. The van der Waals surface area contributed by atoms with Gasteiger partial charge in [-0.2, -0.15) is 0 Å². The molecule has 60 heavy (non-hydrogen) atoms. The Kier molecular flexibility index (Phi) is 11.2. The summed E-state index contributed by atoms with van der Waals surface area (Å²) in [6.07, 6.45) is 0.444. The van der Waals surface area contributed by atoms with Crippen LogP contribution in [0.1, 0.15) is 84.0 Å². The first-order valence-corrected chi connectivity index (χ1v) is 20.1. The lowest BCUT2D eigenvalue weighted by Gasteiger charge is -2.28. The lowest BCUT2D eigenvalue weighted by atomic mass is 10.0. The Labute approximate surface area is 346 Å².